The molecule has 0 spiro atoms. The first kappa shape index (κ1) is 20.1. The molecular weight excluding hydrogens is 374 g/mol. The molecule has 0 saturated carbocycles. The van der Waals surface area contributed by atoms with E-state index in [9.17, 15) is 9.59 Å². The molecule has 0 unspecified atom stereocenters. The normalized spacial score (nSPS) is 12.2. The summed E-state index contributed by atoms with van der Waals surface area (Å²) in [6, 6.07) is 13.4. The van der Waals surface area contributed by atoms with Gasteiger partial charge in [-0.3, -0.25) is 14.5 Å². The molecular formula is C21H25N3O3S. The highest BCUT2D eigenvalue weighted by atomic mass is 32.1. The minimum Gasteiger partial charge on any atom is -0.459 e. The van der Waals surface area contributed by atoms with Crippen molar-refractivity contribution in [3.05, 3.63) is 58.5 Å². The van der Waals surface area contributed by atoms with E-state index in [1.165, 1.54) is 0 Å². The average Bonchev–Trinajstić information content (AvgIpc) is 3.35. The van der Waals surface area contributed by atoms with Gasteiger partial charge in [0.25, 0.3) is 0 Å². The van der Waals surface area contributed by atoms with E-state index in [4.69, 9.17) is 4.42 Å². The number of likely N-dealkylation sites (N-methyl/N-ethyl adjacent to an activating group) is 1. The SMILES string of the molecule is CCN(CC(=O)NCc1cccs1)CC(=O)N[C@@H](C)c1cc2ccccc2o1. The van der Waals surface area contributed by atoms with Crippen LogP contribution in [0.5, 0.6) is 0 Å². The highest BCUT2D eigenvalue weighted by molar-refractivity contribution is 7.09. The zero-order valence-corrected chi connectivity index (χ0v) is 16.9. The van der Waals surface area contributed by atoms with Gasteiger partial charge in [0.1, 0.15) is 11.3 Å². The third kappa shape index (κ3) is 5.43. The van der Waals surface area contributed by atoms with Gasteiger partial charge in [-0.05, 0) is 37.0 Å². The van der Waals surface area contributed by atoms with Gasteiger partial charge in [0.2, 0.25) is 11.8 Å². The van der Waals surface area contributed by atoms with Crippen LogP contribution < -0.4 is 10.6 Å². The van der Waals surface area contributed by atoms with Gasteiger partial charge in [-0.1, -0.05) is 31.2 Å². The van der Waals surface area contributed by atoms with Crippen molar-refractivity contribution in [1.82, 2.24) is 15.5 Å². The maximum absolute atomic E-state index is 12.4. The Balaban J connectivity index is 1.48. The van der Waals surface area contributed by atoms with Crippen molar-refractivity contribution in [3.8, 4) is 0 Å². The molecule has 148 valence electrons. The summed E-state index contributed by atoms with van der Waals surface area (Å²) in [5.74, 6) is 0.487. The molecule has 1 aromatic carbocycles. The molecule has 3 rings (SSSR count). The summed E-state index contributed by atoms with van der Waals surface area (Å²) >= 11 is 1.60. The Hall–Kier alpha value is -2.64. The van der Waals surface area contributed by atoms with Crippen LogP contribution in [0.3, 0.4) is 0 Å². The maximum Gasteiger partial charge on any atom is 0.234 e. The van der Waals surface area contributed by atoms with E-state index in [0.29, 0.717) is 18.8 Å². The molecule has 1 atom stereocenters. The molecule has 2 N–H and O–H groups in total. The second-order valence-corrected chi connectivity index (χ2v) is 7.67. The predicted molar refractivity (Wildman–Crippen MR) is 111 cm³/mol. The van der Waals surface area contributed by atoms with E-state index in [-0.39, 0.29) is 30.9 Å². The number of hydrogen-bond acceptors (Lipinski definition) is 5. The van der Waals surface area contributed by atoms with E-state index in [1.54, 1.807) is 11.3 Å². The number of carbonyl (C=O) groups is 2. The fourth-order valence-corrected chi connectivity index (χ4v) is 3.56. The number of hydrogen-bond donors (Lipinski definition) is 2. The number of para-hydroxylation sites is 1. The van der Waals surface area contributed by atoms with Crippen molar-refractivity contribution < 1.29 is 14.0 Å². The van der Waals surface area contributed by atoms with Gasteiger partial charge in [-0.2, -0.15) is 0 Å². The summed E-state index contributed by atoms with van der Waals surface area (Å²) in [7, 11) is 0. The fraction of sp³-hybridized carbons (Fsp3) is 0.333. The highest BCUT2D eigenvalue weighted by Crippen LogP contribution is 2.23. The zero-order chi connectivity index (χ0) is 19.9. The van der Waals surface area contributed by atoms with Crippen LogP contribution in [0.2, 0.25) is 0 Å². The molecule has 2 amide bonds. The van der Waals surface area contributed by atoms with Gasteiger partial charge >= 0.3 is 0 Å². The van der Waals surface area contributed by atoms with Crippen molar-refractivity contribution >= 4 is 34.1 Å². The topological polar surface area (TPSA) is 74.6 Å². The Morgan fingerprint density at radius 3 is 2.64 bits per heavy atom. The molecule has 0 saturated heterocycles. The van der Waals surface area contributed by atoms with Gasteiger partial charge in [-0.25, -0.2) is 0 Å². The van der Waals surface area contributed by atoms with E-state index >= 15 is 0 Å². The third-order valence-electron chi connectivity index (χ3n) is 4.47. The second kappa shape index (κ2) is 9.52. The van der Waals surface area contributed by atoms with E-state index in [1.807, 2.05) is 66.6 Å². The van der Waals surface area contributed by atoms with Gasteiger partial charge < -0.3 is 15.1 Å². The zero-order valence-electron chi connectivity index (χ0n) is 16.1. The molecule has 2 heterocycles. The molecule has 0 aliphatic carbocycles. The summed E-state index contributed by atoms with van der Waals surface area (Å²) in [6.07, 6.45) is 0. The average molecular weight is 400 g/mol. The summed E-state index contributed by atoms with van der Waals surface area (Å²) in [4.78, 5) is 27.5. The van der Waals surface area contributed by atoms with Gasteiger partial charge in [-0.15, -0.1) is 11.3 Å². The van der Waals surface area contributed by atoms with Gasteiger partial charge in [0.15, 0.2) is 0 Å². The molecule has 7 heteroatoms. The molecule has 2 aromatic heterocycles. The van der Waals surface area contributed by atoms with Gasteiger partial charge in [0, 0.05) is 10.3 Å². The van der Waals surface area contributed by atoms with E-state index in [2.05, 4.69) is 10.6 Å². The van der Waals surface area contributed by atoms with E-state index < -0.39 is 0 Å². The molecule has 0 radical (unpaired) electrons. The Kier molecular flexibility index (Phi) is 6.84. The third-order valence-corrected chi connectivity index (χ3v) is 5.35. The summed E-state index contributed by atoms with van der Waals surface area (Å²) in [5.41, 5.74) is 0.802. The minimum atomic E-state index is -0.244. The molecule has 6 nitrogen and oxygen atoms in total. The summed E-state index contributed by atoms with van der Waals surface area (Å²) < 4.78 is 5.80. The lowest BCUT2D eigenvalue weighted by atomic mass is 10.2. The van der Waals surface area contributed by atoms with Crippen LogP contribution in [0.15, 0.2) is 52.3 Å². The predicted octanol–water partition coefficient (Wildman–Crippen LogP) is 3.31. The van der Waals surface area contributed by atoms with Crippen molar-refractivity contribution in [3.63, 3.8) is 0 Å². The lowest BCUT2D eigenvalue weighted by molar-refractivity contribution is -0.125. The Morgan fingerprint density at radius 1 is 1.14 bits per heavy atom. The molecule has 0 aliphatic rings. The van der Waals surface area contributed by atoms with Crippen molar-refractivity contribution in [2.75, 3.05) is 19.6 Å². The molecule has 28 heavy (non-hydrogen) atoms. The quantitative estimate of drug-likeness (QED) is 0.579. The van der Waals surface area contributed by atoms with Crippen LogP contribution in [-0.4, -0.2) is 36.3 Å². The molecule has 0 aliphatic heterocycles. The first-order valence-electron chi connectivity index (χ1n) is 9.34. The van der Waals surface area contributed by atoms with E-state index in [0.717, 1.165) is 15.8 Å². The maximum atomic E-state index is 12.4. The first-order valence-corrected chi connectivity index (χ1v) is 10.2. The number of nitrogens with zero attached hydrogens (tertiary/aromatic N) is 1. The fourth-order valence-electron chi connectivity index (χ4n) is 2.91. The van der Waals surface area contributed by atoms with Crippen molar-refractivity contribution in [2.45, 2.75) is 26.4 Å². The van der Waals surface area contributed by atoms with Crippen LogP contribution >= 0.6 is 11.3 Å². The second-order valence-electron chi connectivity index (χ2n) is 6.64. The molecule has 0 bridgehead atoms. The Bertz CT molecular complexity index is 887. The van der Waals surface area contributed by atoms with Crippen molar-refractivity contribution in [2.24, 2.45) is 0 Å². The van der Waals surface area contributed by atoms with Crippen LogP contribution in [0.4, 0.5) is 0 Å². The lowest BCUT2D eigenvalue weighted by Crippen LogP contribution is -2.43. The number of benzene rings is 1. The number of rotatable bonds is 9. The Morgan fingerprint density at radius 2 is 1.93 bits per heavy atom. The smallest absolute Gasteiger partial charge is 0.234 e. The number of fused-ring (bicyclic) bond motifs is 1. The Labute approximate surface area is 168 Å². The van der Waals surface area contributed by atoms with Crippen LogP contribution in [-0.2, 0) is 16.1 Å². The number of furan rings is 1. The number of amides is 2. The highest BCUT2D eigenvalue weighted by Gasteiger charge is 2.17. The van der Waals surface area contributed by atoms with Crippen LogP contribution in [0.1, 0.15) is 30.5 Å². The molecule has 3 aromatic rings. The standard InChI is InChI=1S/C21H25N3O3S/c1-3-24(13-20(25)22-12-17-8-6-10-28-17)14-21(26)23-15(2)19-11-16-7-4-5-9-18(16)27-19/h4-11,15H,3,12-14H2,1-2H3,(H,22,25)(H,23,26)/t15-/m0/s1. The largest absolute Gasteiger partial charge is 0.459 e. The first-order chi connectivity index (χ1) is 13.5. The van der Waals surface area contributed by atoms with Crippen LogP contribution in [0, 0.1) is 0 Å². The number of thiophene rings is 1. The number of nitrogens with one attached hydrogen (secondary N) is 2. The molecule has 0 fully saturated rings. The van der Waals surface area contributed by atoms with Gasteiger partial charge in [0.05, 0.1) is 25.7 Å². The number of carbonyl (C=O) groups excluding carboxylic acids is 2. The lowest BCUT2D eigenvalue weighted by Gasteiger charge is -2.20. The monoisotopic (exact) mass is 399 g/mol. The summed E-state index contributed by atoms with van der Waals surface area (Å²) in [5, 5.41) is 8.82. The summed E-state index contributed by atoms with van der Waals surface area (Å²) in [6.45, 7) is 5.30. The van der Waals surface area contributed by atoms with Crippen LogP contribution in [0.25, 0.3) is 11.0 Å². The minimum absolute atomic E-state index is 0.0895. The van der Waals surface area contributed by atoms with Crippen molar-refractivity contribution in [1.29, 1.82) is 0 Å².